The first-order chi connectivity index (χ1) is 6.68. The van der Waals surface area contributed by atoms with Gasteiger partial charge in [-0.3, -0.25) is 4.99 Å². The van der Waals surface area contributed by atoms with E-state index < -0.39 is 0 Å². The van der Waals surface area contributed by atoms with E-state index in [0.29, 0.717) is 11.9 Å². The van der Waals surface area contributed by atoms with Crippen LogP contribution in [0.2, 0.25) is 0 Å². The van der Waals surface area contributed by atoms with Crippen LogP contribution in [0.15, 0.2) is 16.4 Å². The standard InChI is InChI=1S/C10H15N3S/c1-7-9(3-4-14-7)8-5-12-10(11)13(2)6-8/h3-4,8H,5-6H2,1-2H3,(H2,11,12). The predicted octanol–water partition coefficient (Wildman–Crippen LogP) is 1.40. The molecule has 0 aliphatic carbocycles. The smallest absolute Gasteiger partial charge is 0.191 e. The van der Waals surface area contributed by atoms with E-state index in [1.807, 2.05) is 11.9 Å². The van der Waals surface area contributed by atoms with Gasteiger partial charge in [0.2, 0.25) is 0 Å². The third kappa shape index (κ3) is 1.62. The van der Waals surface area contributed by atoms with Crippen LogP contribution >= 0.6 is 11.3 Å². The zero-order chi connectivity index (χ0) is 10.1. The van der Waals surface area contributed by atoms with Crippen LogP contribution in [0.25, 0.3) is 0 Å². The molecule has 1 aromatic heterocycles. The van der Waals surface area contributed by atoms with Gasteiger partial charge in [0.15, 0.2) is 5.96 Å². The van der Waals surface area contributed by atoms with Crippen molar-refractivity contribution in [2.45, 2.75) is 12.8 Å². The van der Waals surface area contributed by atoms with Gasteiger partial charge in [0.1, 0.15) is 0 Å². The number of guanidine groups is 1. The van der Waals surface area contributed by atoms with Crippen LogP contribution in [0.3, 0.4) is 0 Å². The Bertz CT molecular complexity index is 356. The van der Waals surface area contributed by atoms with Gasteiger partial charge >= 0.3 is 0 Å². The van der Waals surface area contributed by atoms with Crippen LogP contribution in [-0.4, -0.2) is 31.0 Å². The number of aliphatic imine (C=N–C) groups is 1. The maximum absolute atomic E-state index is 5.71. The number of thiophene rings is 1. The topological polar surface area (TPSA) is 41.6 Å². The highest BCUT2D eigenvalue weighted by Gasteiger charge is 2.21. The van der Waals surface area contributed by atoms with Crippen LogP contribution in [0.5, 0.6) is 0 Å². The molecule has 2 rings (SSSR count). The van der Waals surface area contributed by atoms with Crippen molar-refractivity contribution in [1.29, 1.82) is 0 Å². The largest absolute Gasteiger partial charge is 0.370 e. The van der Waals surface area contributed by atoms with Crippen molar-refractivity contribution in [3.05, 3.63) is 21.9 Å². The van der Waals surface area contributed by atoms with Crippen LogP contribution in [0.1, 0.15) is 16.4 Å². The SMILES string of the molecule is Cc1sccc1C1CN=C(N)N(C)C1. The summed E-state index contributed by atoms with van der Waals surface area (Å²) in [5.74, 6) is 1.17. The molecule has 1 aliphatic rings. The second kappa shape index (κ2) is 3.61. The maximum atomic E-state index is 5.71. The first kappa shape index (κ1) is 9.52. The van der Waals surface area contributed by atoms with Crippen molar-refractivity contribution >= 4 is 17.3 Å². The predicted molar refractivity (Wildman–Crippen MR) is 60.9 cm³/mol. The number of hydrogen-bond donors (Lipinski definition) is 1. The molecule has 2 heterocycles. The van der Waals surface area contributed by atoms with Gasteiger partial charge in [0, 0.05) is 24.4 Å². The molecule has 0 saturated carbocycles. The summed E-state index contributed by atoms with van der Waals surface area (Å²) in [6.07, 6.45) is 0. The van der Waals surface area contributed by atoms with Gasteiger partial charge in [-0.1, -0.05) is 0 Å². The van der Waals surface area contributed by atoms with E-state index in [1.165, 1.54) is 10.4 Å². The van der Waals surface area contributed by atoms with Crippen LogP contribution in [0, 0.1) is 6.92 Å². The van der Waals surface area contributed by atoms with Gasteiger partial charge in [0.25, 0.3) is 0 Å². The van der Waals surface area contributed by atoms with Crippen molar-refractivity contribution in [1.82, 2.24) is 4.90 Å². The van der Waals surface area contributed by atoms with Gasteiger partial charge in [-0.25, -0.2) is 0 Å². The molecule has 1 aliphatic heterocycles. The third-order valence-corrected chi connectivity index (χ3v) is 3.56. The summed E-state index contributed by atoms with van der Waals surface area (Å²) in [6, 6.07) is 2.20. The molecule has 3 nitrogen and oxygen atoms in total. The number of rotatable bonds is 1. The van der Waals surface area contributed by atoms with Crippen LogP contribution < -0.4 is 5.73 Å². The van der Waals surface area contributed by atoms with E-state index in [1.54, 1.807) is 11.3 Å². The Morgan fingerprint density at radius 1 is 1.64 bits per heavy atom. The van der Waals surface area contributed by atoms with Gasteiger partial charge in [0.05, 0.1) is 6.54 Å². The van der Waals surface area contributed by atoms with Crippen molar-refractivity contribution in [2.75, 3.05) is 20.1 Å². The Balaban J connectivity index is 2.19. The molecule has 14 heavy (non-hydrogen) atoms. The minimum absolute atomic E-state index is 0.513. The van der Waals surface area contributed by atoms with E-state index in [-0.39, 0.29) is 0 Å². The molecule has 1 atom stereocenters. The lowest BCUT2D eigenvalue weighted by Crippen LogP contribution is -2.41. The molecule has 2 N–H and O–H groups in total. The monoisotopic (exact) mass is 209 g/mol. The number of nitrogens with zero attached hydrogens (tertiary/aromatic N) is 2. The fourth-order valence-electron chi connectivity index (χ4n) is 1.82. The minimum atomic E-state index is 0.513. The Morgan fingerprint density at radius 2 is 2.43 bits per heavy atom. The van der Waals surface area contributed by atoms with Crippen molar-refractivity contribution in [3.63, 3.8) is 0 Å². The van der Waals surface area contributed by atoms with E-state index in [0.717, 1.165) is 13.1 Å². The molecular weight excluding hydrogens is 194 g/mol. The number of aryl methyl sites for hydroxylation is 1. The number of nitrogens with two attached hydrogens (primary N) is 1. The van der Waals surface area contributed by atoms with Crippen LogP contribution in [0.4, 0.5) is 0 Å². The lowest BCUT2D eigenvalue weighted by Gasteiger charge is -2.28. The second-order valence-corrected chi connectivity index (χ2v) is 4.83. The third-order valence-electron chi connectivity index (χ3n) is 2.70. The Kier molecular flexibility index (Phi) is 2.46. The Morgan fingerprint density at radius 3 is 3.00 bits per heavy atom. The minimum Gasteiger partial charge on any atom is -0.370 e. The lowest BCUT2D eigenvalue weighted by molar-refractivity contribution is 0.422. The summed E-state index contributed by atoms with van der Waals surface area (Å²) in [5, 5.41) is 2.15. The Labute approximate surface area is 88.3 Å². The molecule has 4 heteroatoms. The molecule has 0 aromatic carbocycles. The average molecular weight is 209 g/mol. The van der Waals surface area contributed by atoms with Gasteiger partial charge in [-0.2, -0.15) is 0 Å². The highest BCUT2D eigenvalue weighted by Crippen LogP contribution is 2.26. The molecular formula is C10H15N3S. The molecule has 1 aromatic rings. The molecule has 76 valence electrons. The number of hydrogen-bond acceptors (Lipinski definition) is 4. The summed E-state index contributed by atoms with van der Waals surface area (Å²) in [6.45, 7) is 3.97. The highest BCUT2D eigenvalue weighted by molar-refractivity contribution is 7.10. The zero-order valence-corrected chi connectivity index (χ0v) is 9.34. The molecule has 0 spiro atoms. The fraction of sp³-hybridized carbons (Fsp3) is 0.500. The van der Waals surface area contributed by atoms with E-state index in [2.05, 4.69) is 23.4 Å². The number of likely N-dealkylation sites (N-methyl/N-ethyl adjacent to an activating group) is 1. The molecule has 1 unspecified atom stereocenters. The second-order valence-electron chi connectivity index (χ2n) is 3.71. The van der Waals surface area contributed by atoms with Gasteiger partial charge in [-0.05, 0) is 23.9 Å². The first-order valence-electron chi connectivity index (χ1n) is 4.73. The van der Waals surface area contributed by atoms with Crippen molar-refractivity contribution in [2.24, 2.45) is 10.7 Å². The van der Waals surface area contributed by atoms with E-state index >= 15 is 0 Å². The summed E-state index contributed by atoms with van der Waals surface area (Å²) in [5.41, 5.74) is 7.14. The normalized spacial score (nSPS) is 22.3. The summed E-state index contributed by atoms with van der Waals surface area (Å²) in [4.78, 5) is 7.74. The van der Waals surface area contributed by atoms with Crippen molar-refractivity contribution in [3.8, 4) is 0 Å². The Hall–Kier alpha value is -1.03. The van der Waals surface area contributed by atoms with Gasteiger partial charge in [-0.15, -0.1) is 11.3 Å². The maximum Gasteiger partial charge on any atom is 0.191 e. The zero-order valence-electron chi connectivity index (χ0n) is 8.53. The molecule has 0 amide bonds. The molecule has 0 radical (unpaired) electrons. The average Bonchev–Trinajstić information content (AvgIpc) is 2.57. The summed E-state index contributed by atoms with van der Waals surface area (Å²) >= 11 is 1.80. The molecule has 0 bridgehead atoms. The van der Waals surface area contributed by atoms with Crippen molar-refractivity contribution < 1.29 is 0 Å². The first-order valence-corrected chi connectivity index (χ1v) is 5.61. The summed E-state index contributed by atoms with van der Waals surface area (Å²) < 4.78 is 0. The lowest BCUT2D eigenvalue weighted by atomic mass is 9.99. The molecule has 0 fully saturated rings. The molecule has 0 saturated heterocycles. The van der Waals surface area contributed by atoms with E-state index in [4.69, 9.17) is 5.73 Å². The van der Waals surface area contributed by atoms with Gasteiger partial charge < -0.3 is 10.6 Å². The fourth-order valence-corrected chi connectivity index (χ4v) is 2.61. The van der Waals surface area contributed by atoms with E-state index in [9.17, 15) is 0 Å². The van der Waals surface area contributed by atoms with Crippen LogP contribution in [-0.2, 0) is 0 Å². The highest BCUT2D eigenvalue weighted by atomic mass is 32.1. The summed E-state index contributed by atoms with van der Waals surface area (Å²) in [7, 11) is 1.99. The quantitative estimate of drug-likeness (QED) is 0.759.